The molecular weight excluding hydrogens is 298 g/mol. The Morgan fingerprint density at radius 2 is 1.67 bits per heavy atom. The third kappa shape index (κ3) is 3.29. The number of anilines is 1. The maximum absolute atomic E-state index is 11.9. The number of carbonyl (C=O) groups excluding carboxylic acids is 1. The van der Waals surface area contributed by atoms with Gasteiger partial charge in [-0.1, -0.05) is 34.8 Å². The molecule has 0 atom stereocenters. The van der Waals surface area contributed by atoms with Crippen molar-refractivity contribution in [2.24, 2.45) is 0 Å². The lowest BCUT2D eigenvalue weighted by Crippen LogP contribution is -2.13. The van der Waals surface area contributed by atoms with Crippen molar-refractivity contribution in [3.63, 3.8) is 0 Å². The number of nitrogens with zero attached hydrogens (tertiary/aromatic N) is 3. The van der Waals surface area contributed by atoms with Gasteiger partial charge in [0.1, 0.15) is 27.6 Å². The molecule has 0 aliphatic rings. The summed E-state index contributed by atoms with van der Waals surface area (Å²) in [5.41, 5.74) is 0.273. The molecular formula is C10H5Cl3N4O. The molecule has 0 aliphatic heterocycles. The van der Waals surface area contributed by atoms with Crippen LogP contribution in [-0.4, -0.2) is 20.9 Å². The average molecular weight is 304 g/mol. The van der Waals surface area contributed by atoms with Crippen LogP contribution in [0, 0.1) is 0 Å². The average Bonchev–Trinajstić information content (AvgIpc) is 2.27. The van der Waals surface area contributed by atoms with Crippen molar-refractivity contribution in [2.75, 3.05) is 5.32 Å². The fourth-order valence-corrected chi connectivity index (χ4v) is 1.79. The van der Waals surface area contributed by atoms with Crippen molar-refractivity contribution < 1.29 is 4.79 Å². The van der Waals surface area contributed by atoms with Gasteiger partial charge in [0.15, 0.2) is 0 Å². The lowest BCUT2D eigenvalue weighted by atomic mass is 10.2. The molecule has 18 heavy (non-hydrogen) atoms. The van der Waals surface area contributed by atoms with E-state index < -0.39 is 5.91 Å². The highest BCUT2D eigenvalue weighted by Crippen LogP contribution is 2.16. The molecule has 1 amide bonds. The number of amides is 1. The number of pyridine rings is 1. The number of aromatic nitrogens is 3. The van der Waals surface area contributed by atoms with E-state index in [0.717, 1.165) is 0 Å². The molecule has 0 spiro atoms. The van der Waals surface area contributed by atoms with Crippen LogP contribution < -0.4 is 5.32 Å². The van der Waals surface area contributed by atoms with Crippen molar-refractivity contribution in [2.45, 2.75) is 0 Å². The first-order chi connectivity index (χ1) is 8.54. The molecule has 2 rings (SSSR count). The Hall–Kier alpha value is -1.43. The zero-order valence-corrected chi connectivity index (χ0v) is 11.0. The van der Waals surface area contributed by atoms with Crippen LogP contribution in [0.4, 0.5) is 5.82 Å². The summed E-state index contributed by atoms with van der Waals surface area (Å²) < 4.78 is 0. The summed E-state index contributed by atoms with van der Waals surface area (Å²) in [6.45, 7) is 0. The zero-order chi connectivity index (χ0) is 13.1. The van der Waals surface area contributed by atoms with Crippen LogP contribution in [-0.2, 0) is 0 Å². The molecule has 0 aliphatic carbocycles. The van der Waals surface area contributed by atoms with Crippen molar-refractivity contribution in [1.29, 1.82) is 0 Å². The Morgan fingerprint density at radius 3 is 2.28 bits per heavy atom. The molecule has 0 bridgehead atoms. The molecule has 0 unspecified atom stereocenters. The Bertz CT molecular complexity index is 585. The molecule has 1 N–H and O–H groups in total. The minimum absolute atomic E-state index is 0.133. The van der Waals surface area contributed by atoms with Crippen LogP contribution in [0.15, 0.2) is 24.5 Å². The van der Waals surface area contributed by atoms with E-state index in [1.165, 1.54) is 24.5 Å². The van der Waals surface area contributed by atoms with Crippen LogP contribution in [0.3, 0.4) is 0 Å². The van der Waals surface area contributed by atoms with Crippen molar-refractivity contribution >= 4 is 46.5 Å². The third-order valence-corrected chi connectivity index (χ3v) is 2.49. The second-order valence-electron chi connectivity index (χ2n) is 3.18. The van der Waals surface area contributed by atoms with Crippen molar-refractivity contribution in [1.82, 2.24) is 15.0 Å². The van der Waals surface area contributed by atoms with Gasteiger partial charge in [-0.25, -0.2) is 15.0 Å². The van der Waals surface area contributed by atoms with Crippen LogP contribution >= 0.6 is 34.8 Å². The zero-order valence-electron chi connectivity index (χ0n) is 8.69. The van der Waals surface area contributed by atoms with Crippen molar-refractivity contribution in [3.8, 4) is 0 Å². The standard InChI is InChI=1S/C10H5Cl3N4O/c11-6-3-9(15-4-14-6)17-10(18)5-1-7(12)16-8(13)2-5/h1-4H,(H,14,15,17,18). The van der Waals surface area contributed by atoms with Gasteiger partial charge >= 0.3 is 0 Å². The normalized spacial score (nSPS) is 10.2. The predicted octanol–water partition coefficient (Wildman–Crippen LogP) is 3.08. The topological polar surface area (TPSA) is 67.8 Å². The number of halogens is 3. The van der Waals surface area contributed by atoms with Gasteiger partial charge in [0.2, 0.25) is 0 Å². The molecule has 2 aromatic rings. The lowest BCUT2D eigenvalue weighted by Gasteiger charge is -2.04. The van der Waals surface area contributed by atoms with Crippen LogP contribution in [0.2, 0.25) is 15.5 Å². The van der Waals surface area contributed by atoms with Gasteiger partial charge in [-0.3, -0.25) is 4.79 Å². The number of hydrogen-bond acceptors (Lipinski definition) is 4. The monoisotopic (exact) mass is 302 g/mol. The van der Waals surface area contributed by atoms with Gasteiger partial charge in [0.25, 0.3) is 5.91 Å². The van der Waals surface area contributed by atoms with E-state index in [2.05, 4.69) is 20.3 Å². The van der Waals surface area contributed by atoms with Crippen LogP contribution in [0.5, 0.6) is 0 Å². The van der Waals surface area contributed by atoms with E-state index in [-0.39, 0.29) is 26.8 Å². The summed E-state index contributed by atoms with van der Waals surface area (Å²) >= 11 is 17.1. The first-order valence-corrected chi connectivity index (χ1v) is 5.80. The molecule has 5 nitrogen and oxygen atoms in total. The summed E-state index contributed by atoms with van der Waals surface area (Å²) in [6, 6.07) is 4.21. The number of hydrogen-bond donors (Lipinski definition) is 1. The Balaban J connectivity index is 2.22. The number of rotatable bonds is 2. The van der Waals surface area contributed by atoms with E-state index in [1.807, 2.05) is 0 Å². The molecule has 2 heterocycles. The second-order valence-corrected chi connectivity index (χ2v) is 4.34. The SMILES string of the molecule is O=C(Nc1cc(Cl)ncn1)c1cc(Cl)nc(Cl)c1. The largest absolute Gasteiger partial charge is 0.306 e. The van der Waals surface area contributed by atoms with Gasteiger partial charge in [-0.2, -0.15) is 0 Å². The highest BCUT2D eigenvalue weighted by atomic mass is 35.5. The Morgan fingerprint density at radius 1 is 1.00 bits per heavy atom. The van der Waals surface area contributed by atoms with E-state index >= 15 is 0 Å². The first-order valence-electron chi connectivity index (χ1n) is 4.66. The fourth-order valence-electron chi connectivity index (χ4n) is 1.19. The Labute approximate surface area is 117 Å². The maximum atomic E-state index is 11.9. The molecule has 2 aromatic heterocycles. The van der Waals surface area contributed by atoms with Gasteiger partial charge in [0, 0.05) is 11.6 Å². The summed E-state index contributed by atoms with van der Waals surface area (Å²) in [5.74, 6) is -0.139. The number of nitrogens with one attached hydrogen (secondary N) is 1. The highest BCUT2D eigenvalue weighted by Gasteiger charge is 2.10. The molecule has 0 radical (unpaired) electrons. The van der Waals surface area contributed by atoms with Crippen molar-refractivity contribution in [3.05, 3.63) is 45.5 Å². The Kier molecular flexibility index (Phi) is 3.96. The van der Waals surface area contributed by atoms with E-state index in [1.54, 1.807) is 0 Å². The summed E-state index contributed by atoms with van der Waals surface area (Å²) in [7, 11) is 0. The third-order valence-electron chi connectivity index (χ3n) is 1.90. The molecule has 0 aromatic carbocycles. The molecule has 92 valence electrons. The van der Waals surface area contributed by atoms with Crippen LogP contribution in [0.25, 0.3) is 0 Å². The molecule has 0 saturated heterocycles. The second kappa shape index (κ2) is 5.48. The lowest BCUT2D eigenvalue weighted by molar-refractivity contribution is 0.102. The highest BCUT2D eigenvalue weighted by molar-refractivity contribution is 6.33. The maximum Gasteiger partial charge on any atom is 0.257 e. The molecule has 0 saturated carbocycles. The van der Waals surface area contributed by atoms with Gasteiger partial charge in [-0.15, -0.1) is 0 Å². The van der Waals surface area contributed by atoms with Gasteiger partial charge in [0.05, 0.1) is 0 Å². The minimum Gasteiger partial charge on any atom is -0.306 e. The minimum atomic E-state index is -0.420. The van der Waals surface area contributed by atoms with E-state index in [4.69, 9.17) is 34.8 Å². The van der Waals surface area contributed by atoms with Gasteiger partial charge < -0.3 is 5.32 Å². The van der Waals surface area contributed by atoms with E-state index in [0.29, 0.717) is 0 Å². The summed E-state index contributed by atoms with van der Waals surface area (Å²) in [4.78, 5) is 23.2. The predicted molar refractivity (Wildman–Crippen MR) is 69.3 cm³/mol. The first kappa shape index (κ1) is 13.0. The fraction of sp³-hybridized carbons (Fsp3) is 0. The smallest absolute Gasteiger partial charge is 0.257 e. The number of carbonyl (C=O) groups is 1. The summed E-state index contributed by atoms with van der Waals surface area (Å²) in [6.07, 6.45) is 1.24. The quantitative estimate of drug-likeness (QED) is 0.684. The summed E-state index contributed by atoms with van der Waals surface area (Å²) in [5, 5.41) is 3.03. The molecule has 0 fully saturated rings. The molecule has 8 heteroatoms. The van der Waals surface area contributed by atoms with E-state index in [9.17, 15) is 4.79 Å². The van der Waals surface area contributed by atoms with Gasteiger partial charge in [-0.05, 0) is 12.1 Å². The van der Waals surface area contributed by atoms with Crippen LogP contribution in [0.1, 0.15) is 10.4 Å².